The predicted molar refractivity (Wildman–Crippen MR) is 80.5 cm³/mol. The highest BCUT2D eigenvalue weighted by atomic mass is 16.2. The Labute approximate surface area is 126 Å². The number of imidazole rings is 1. The molecule has 0 N–H and O–H groups in total. The second-order valence-corrected chi connectivity index (χ2v) is 5.33. The summed E-state index contributed by atoms with van der Waals surface area (Å²) in [6.07, 6.45) is 3.74. The van der Waals surface area contributed by atoms with Crippen molar-refractivity contribution in [3.05, 3.63) is 71.7 Å². The molecule has 4 rings (SSSR count). The second-order valence-electron chi connectivity index (χ2n) is 5.33. The Bertz CT molecular complexity index is 845. The minimum absolute atomic E-state index is 0.259. The smallest absolute Gasteiger partial charge is 0.262 e. The van der Waals surface area contributed by atoms with Crippen molar-refractivity contribution in [3.63, 3.8) is 0 Å². The molecular formula is C17H13N3O2. The van der Waals surface area contributed by atoms with E-state index in [2.05, 4.69) is 4.98 Å². The summed E-state index contributed by atoms with van der Waals surface area (Å²) in [7, 11) is 0. The molecule has 22 heavy (non-hydrogen) atoms. The molecule has 0 bridgehead atoms. The Morgan fingerprint density at radius 2 is 1.59 bits per heavy atom. The standard InChI is InChI=1S/C17H13N3O2/c1-11(14-10-19-9-5-4-8-15(19)18-14)20-16(21)12-6-2-3-7-13(12)17(20)22/h2-11H,1H3/t11-/m0/s1. The first-order valence-corrected chi connectivity index (χ1v) is 7.07. The average molecular weight is 291 g/mol. The van der Waals surface area contributed by atoms with Crippen LogP contribution in [-0.2, 0) is 0 Å². The van der Waals surface area contributed by atoms with E-state index in [0.717, 1.165) is 5.65 Å². The minimum Gasteiger partial charge on any atom is -0.307 e. The van der Waals surface area contributed by atoms with Gasteiger partial charge in [-0.3, -0.25) is 14.5 Å². The summed E-state index contributed by atoms with van der Waals surface area (Å²) in [6.45, 7) is 1.82. The molecule has 0 spiro atoms. The molecule has 0 radical (unpaired) electrons. The van der Waals surface area contributed by atoms with Crippen molar-refractivity contribution < 1.29 is 9.59 Å². The van der Waals surface area contributed by atoms with E-state index in [4.69, 9.17) is 0 Å². The van der Waals surface area contributed by atoms with Crippen molar-refractivity contribution >= 4 is 17.5 Å². The molecule has 1 aliphatic rings. The van der Waals surface area contributed by atoms with Crippen molar-refractivity contribution in [1.82, 2.24) is 14.3 Å². The molecule has 0 unspecified atom stereocenters. The minimum atomic E-state index is -0.410. The maximum absolute atomic E-state index is 12.5. The number of carbonyl (C=O) groups excluding carboxylic acids is 2. The number of imide groups is 1. The van der Waals surface area contributed by atoms with E-state index in [-0.39, 0.29) is 11.8 Å². The predicted octanol–water partition coefficient (Wildman–Crippen LogP) is 2.69. The lowest BCUT2D eigenvalue weighted by molar-refractivity contribution is 0.0592. The molecule has 5 nitrogen and oxygen atoms in total. The zero-order chi connectivity index (χ0) is 15.3. The lowest BCUT2D eigenvalue weighted by Gasteiger charge is -2.20. The number of hydrogen-bond acceptors (Lipinski definition) is 3. The molecule has 2 aromatic heterocycles. The number of amides is 2. The first-order valence-electron chi connectivity index (χ1n) is 7.07. The van der Waals surface area contributed by atoms with Crippen molar-refractivity contribution in [1.29, 1.82) is 0 Å². The Balaban J connectivity index is 1.76. The van der Waals surface area contributed by atoms with Gasteiger partial charge in [0, 0.05) is 12.4 Å². The van der Waals surface area contributed by atoms with E-state index in [9.17, 15) is 9.59 Å². The lowest BCUT2D eigenvalue weighted by atomic mass is 10.1. The van der Waals surface area contributed by atoms with Gasteiger partial charge in [-0.25, -0.2) is 4.98 Å². The van der Waals surface area contributed by atoms with Gasteiger partial charge in [-0.2, -0.15) is 0 Å². The number of rotatable bonds is 2. The number of pyridine rings is 1. The summed E-state index contributed by atoms with van der Waals surface area (Å²) in [6, 6.07) is 12.2. The highest BCUT2D eigenvalue weighted by Gasteiger charge is 2.39. The third kappa shape index (κ3) is 1.69. The number of hydrogen-bond donors (Lipinski definition) is 0. The Morgan fingerprint density at radius 3 is 2.23 bits per heavy atom. The molecule has 0 saturated carbocycles. The first kappa shape index (κ1) is 12.8. The number of nitrogens with zero attached hydrogens (tertiary/aromatic N) is 3. The van der Waals surface area contributed by atoms with Crippen LogP contribution in [0.4, 0.5) is 0 Å². The van der Waals surface area contributed by atoms with Gasteiger partial charge in [0.05, 0.1) is 22.9 Å². The van der Waals surface area contributed by atoms with Gasteiger partial charge >= 0.3 is 0 Å². The summed E-state index contributed by atoms with van der Waals surface area (Å²) in [5.74, 6) is -0.518. The van der Waals surface area contributed by atoms with E-state index >= 15 is 0 Å². The molecule has 1 aliphatic heterocycles. The van der Waals surface area contributed by atoms with E-state index in [0.29, 0.717) is 16.8 Å². The average Bonchev–Trinajstić information content (AvgIpc) is 3.08. The number of aromatic nitrogens is 2. The van der Waals surface area contributed by atoms with Crippen molar-refractivity contribution in [2.24, 2.45) is 0 Å². The van der Waals surface area contributed by atoms with E-state index < -0.39 is 6.04 Å². The number of carbonyl (C=O) groups is 2. The second kappa shape index (κ2) is 4.53. The molecule has 0 saturated heterocycles. The van der Waals surface area contributed by atoms with Crippen LogP contribution in [0.5, 0.6) is 0 Å². The molecule has 2 amide bonds. The maximum atomic E-state index is 12.5. The highest BCUT2D eigenvalue weighted by molar-refractivity contribution is 6.21. The molecule has 0 aliphatic carbocycles. The van der Waals surface area contributed by atoms with Crippen molar-refractivity contribution in [2.45, 2.75) is 13.0 Å². The quantitative estimate of drug-likeness (QED) is 0.682. The number of benzene rings is 1. The van der Waals surface area contributed by atoms with Crippen LogP contribution in [0.1, 0.15) is 39.4 Å². The summed E-state index contributed by atoms with van der Waals surface area (Å²) >= 11 is 0. The van der Waals surface area contributed by atoms with Crippen molar-refractivity contribution in [2.75, 3.05) is 0 Å². The Kier molecular flexibility index (Phi) is 2.63. The highest BCUT2D eigenvalue weighted by Crippen LogP contribution is 2.30. The Hall–Kier alpha value is -2.95. The fraction of sp³-hybridized carbons (Fsp3) is 0.118. The summed E-state index contributed by atoms with van der Waals surface area (Å²) in [5.41, 5.74) is 2.41. The molecule has 0 fully saturated rings. The zero-order valence-corrected chi connectivity index (χ0v) is 11.9. The summed E-state index contributed by atoms with van der Waals surface area (Å²) in [5, 5.41) is 0. The van der Waals surface area contributed by atoms with E-state index in [1.807, 2.05) is 41.9 Å². The van der Waals surface area contributed by atoms with Crippen LogP contribution in [0.2, 0.25) is 0 Å². The molecule has 3 heterocycles. The van der Waals surface area contributed by atoms with Crippen molar-refractivity contribution in [3.8, 4) is 0 Å². The zero-order valence-electron chi connectivity index (χ0n) is 11.9. The fourth-order valence-corrected chi connectivity index (χ4v) is 2.85. The molecule has 1 aromatic carbocycles. The van der Waals surface area contributed by atoms with Crippen LogP contribution in [0.25, 0.3) is 5.65 Å². The topological polar surface area (TPSA) is 54.7 Å². The molecule has 5 heteroatoms. The van der Waals surface area contributed by atoms with Crippen LogP contribution in [0.3, 0.4) is 0 Å². The van der Waals surface area contributed by atoms with Gasteiger partial charge in [0.2, 0.25) is 0 Å². The van der Waals surface area contributed by atoms with Gasteiger partial charge in [-0.1, -0.05) is 18.2 Å². The molecule has 1 atom stereocenters. The van der Waals surface area contributed by atoms with Crippen LogP contribution >= 0.6 is 0 Å². The lowest BCUT2D eigenvalue weighted by Crippen LogP contribution is -2.32. The Morgan fingerprint density at radius 1 is 0.955 bits per heavy atom. The SMILES string of the molecule is C[C@@H](c1cn2ccccc2n1)N1C(=O)c2ccccc2C1=O. The van der Waals surface area contributed by atoms with Gasteiger partial charge in [-0.15, -0.1) is 0 Å². The van der Waals surface area contributed by atoms with Gasteiger partial charge in [0.1, 0.15) is 5.65 Å². The fourth-order valence-electron chi connectivity index (χ4n) is 2.85. The van der Waals surface area contributed by atoms with Crippen LogP contribution in [0.15, 0.2) is 54.9 Å². The summed E-state index contributed by atoms with van der Waals surface area (Å²) < 4.78 is 1.88. The number of fused-ring (bicyclic) bond motifs is 2. The van der Waals surface area contributed by atoms with E-state index in [1.54, 1.807) is 24.3 Å². The first-order chi connectivity index (χ1) is 10.7. The third-order valence-corrected chi connectivity index (χ3v) is 4.02. The van der Waals surface area contributed by atoms with Gasteiger partial charge in [-0.05, 0) is 31.2 Å². The van der Waals surface area contributed by atoms with Gasteiger partial charge in [0.25, 0.3) is 11.8 Å². The van der Waals surface area contributed by atoms with Crippen LogP contribution in [0, 0.1) is 0 Å². The molecular weight excluding hydrogens is 278 g/mol. The maximum Gasteiger partial charge on any atom is 0.262 e. The van der Waals surface area contributed by atoms with E-state index in [1.165, 1.54) is 4.90 Å². The monoisotopic (exact) mass is 291 g/mol. The van der Waals surface area contributed by atoms with Gasteiger partial charge < -0.3 is 4.40 Å². The summed E-state index contributed by atoms with van der Waals surface area (Å²) in [4.78, 5) is 30.8. The van der Waals surface area contributed by atoms with Crippen LogP contribution in [-0.4, -0.2) is 26.1 Å². The normalized spacial score (nSPS) is 15.4. The third-order valence-electron chi connectivity index (χ3n) is 4.02. The largest absolute Gasteiger partial charge is 0.307 e. The van der Waals surface area contributed by atoms with Gasteiger partial charge in [0.15, 0.2) is 0 Å². The van der Waals surface area contributed by atoms with Crippen LogP contribution < -0.4 is 0 Å². The molecule has 3 aromatic rings. The molecule has 108 valence electrons.